The van der Waals surface area contributed by atoms with Gasteiger partial charge in [0.1, 0.15) is 10.0 Å². The topological polar surface area (TPSA) is 91.4 Å². The SMILES string of the molecule is CCN1CCc2c(sc(NC(=O)c3ccc(NS(=O)(=O)c4ccc(C)cc4)cc3)c2-c2nc3ccccc3s2)C1.Cl. The van der Waals surface area contributed by atoms with Crippen molar-refractivity contribution in [3.05, 3.63) is 94.4 Å². The molecular formula is C30H29ClN4O3S3. The summed E-state index contributed by atoms with van der Waals surface area (Å²) in [7, 11) is -3.73. The number of thiophene rings is 1. The van der Waals surface area contributed by atoms with E-state index >= 15 is 0 Å². The Morgan fingerprint density at radius 3 is 2.44 bits per heavy atom. The van der Waals surface area contributed by atoms with Crippen molar-refractivity contribution in [1.29, 1.82) is 0 Å². The standard InChI is InChI=1S/C30H28N4O3S3.ClH/c1-3-34-17-16-23-26(18-34)39-30(27(23)29-31-24-6-4-5-7-25(24)38-29)32-28(35)20-10-12-21(13-11-20)33-40(36,37)22-14-8-19(2)9-15-22;/h4-15,33H,3,16-18H2,1-2H3,(H,32,35);1H. The molecule has 0 spiro atoms. The highest BCUT2D eigenvalue weighted by atomic mass is 35.5. The fourth-order valence-corrected chi connectivity index (χ4v) is 8.27. The van der Waals surface area contributed by atoms with Crippen molar-refractivity contribution in [3.8, 4) is 10.6 Å². The Hall–Kier alpha value is -3.28. The van der Waals surface area contributed by atoms with Crippen LogP contribution < -0.4 is 10.0 Å². The smallest absolute Gasteiger partial charge is 0.261 e. The summed E-state index contributed by atoms with van der Waals surface area (Å²) in [4.78, 5) is 22.2. The summed E-state index contributed by atoms with van der Waals surface area (Å²) in [5.41, 5.74) is 5.05. The van der Waals surface area contributed by atoms with Crippen molar-refractivity contribution in [2.24, 2.45) is 0 Å². The zero-order chi connectivity index (χ0) is 27.9. The van der Waals surface area contributed by atoms with Crippen molar-refractivity contribution in [2.45, 2.75) is 31.7 Å². The molecule has 3 aromatic carbocycles. The number of hydrogen-bond acceptors (Lipinski definition) is 7. The molecule has 11 heteroatoms. The lowest BCUT2D eigenvalue weighted by Crippen LogP contribution is -2.29. The Balaban J connectivity index is 0.00000337. The maximum Gasteiger partial charge on any atom is 0.261 e. The molecule has 6 rings (SSSR count). The monoisotopic (exact) mass is 624 g/mol. The highest BCUT2D eigenvalue weighted by molar-refractivity contribution is 7.92. The Bertz CT molecular complexity index is 1780. The molecule has 0 radical (unpaired) electrons. The first kappa shape index (κ1) is 29.2. The molecule has 5 aromatic rings. The average molecular weight is 625 g/mol. The van der Waals surface area contributed by atoms with Crippen LogP contribution in [0.2, 0.25) is 0 Å². The molecule has 0 bridgehead atoms. The van der Waals surface area contributed by atoms with E-state index < -0.39 is 10.0 Å². The van der Waals surface area contributed by atoms with E-state index in [1.807, 2.05) is 25.1 Å². The van der Waals surface area contributed by atoms with E-state index in [0.717, 1.165) is 57.4 Å². The number of sulfonamides is 1. The van der Waals surface area contributed by atoms with Crippen LogP contribution in [0.3, 0.4) is 0 Å². The van der Waals surface area contributed by atoms with E-state index in [9.17, 15) is 13.2 Å². The summed E-state index contributed by atoms with van der Waals surface area (Å²) in [6.07, 6.45) is 0.913. The fraction of sp³-hybridized carbons (Fsp3) is 0.200. The van der Waals surface area contributed by atoms with Crippen LogP contribution in [0.5, 0.6) is 0 Å². The molecule has 0 fully saturated rings. The van der Waals surface area contributed by atoms with Crippen LogP contribution >= 0.6 is 35.1 Å². The fourth-order valence-electron chi connectivity index (χ4n) is 4.82. The molecule has 0 unspecified atom stereocenters. The van der Waals surface area contributed by atoms with Gasteiger partial charge in [-0.2, -0.15) is 0 Å². The largest absolute Gasteiger partial charge is 0.313 e. The van der Waals surface area contributed by atoms with Gasteiger partial charge in [-0.05, 0) is 74.0 Å². The van der Waals surface area contributed by atoms with Gasteiger partial charge in [0, 0.05) is 34.8 Å². The first-order valence-corrected chi connectivity index (χ1v) is 16.2. The third kappa shape index (κ3) is 6.02. The number of amides is 1. The summed E-state index contributed by atoms with van der Waals surface area (Å²) in [5, 5.41) is 4.87. The molecular weight excluding hydrogens is 596 g/mol. The first-order valence-electron chi connectivity index (χ1n) is 13.0. The molecule has 0 saturated heterocycles. The van der Waals surface area contributed by atoms with Crippen molar-refractivity contribution >= 4 is 71.9 Å². The molecule has 3 heterocycles. The van der Waals surface area contributed by atoms with Crippen LogP contribution in [0.15, 0.2) is 77.7 Å². The number of anilines is 2. The van der Waals surface area contributed by atoms with Gasteiger partial charge in [0.25, 0.3) is 15.9 Å². The van der Waals surface area contributed by atoms with Crippen LogP contribution in [-0.4, -0.2) is 37.3 Å². The molecule has 0 atom stereocenters. The van der Waals surface area contributed by atoms with Gasteiger partial charge in [0.2, 0.25) is 0 Å². The van der Waals surface area contributed by atoms with Gasteiger partial charge in [-0.25, -0.2) is 13.4 Å². The van der Waals surface area contributed by atoms with Gasteiger partial charge < -0.3 is 5.32 Å². The second-order valence-electron chi connectivity index (χ2n) is 9.76. The predicted octanol–water partition coefficient (Wildman–Crippen LogP) is 7.19. The molecule has 2 N–H and O–H groups in total. The Labute approximate surface area is 253 Å². The Morgan fingerprint density at radius 1 is 1.00 bits per heavy atom. The lowest BCUT2D eigenvalue weighted by molar-refractivity contribution is 0.102. The summed E-state index contributed by atoms with van der Waals surface area (Å²) in [6.45, 7) is 6.89. The molecule has 212 valence electrons. The molecule has 1 aliphatic heterocycles. The molecule has 0 aliphatic carbocycles. The minimum atomic E-state index is -3.73. The minimum Gasteiger partial charge on any atom is -0.313 e. The minimum absolute atomic E-state index is 0. The second kappa shape index (κ2) is 11.9. The van der Waals surface area contributed by atoms with Gasteiger partial charge >= 0.3 is 0 Å². The van der Waals surface area contributed by atoms with Crippen molar-refractivity contribution in [1.82, 2.24) is 9.88 Å². The number of hydrogen-bond donors (Lipinski definition) is 2. The second-order valence-corrected chi connectivity index (χ2v) is 13.6. The lowest BCUT2D eigenvalue weighted by Gasteiger charge is -2.25. The number of carbonyl (C=O) groups excluding carboxylic acids is 1. The highest BCUT2D eigenvalue weighted by Crippen LogP contribution is 2.45. The molecule has 1 aliphatic rings. The molecule has 0 saturated carbocycles. The molecule has 41 heavy (non-hydrogen) atoms. The van der Waals surface area contributed by atoms with E-state index in [1.165, 1.54) is 10.4 Å². The number of halogens is 1. The van der Waals surface area contributed by atoms with E-state index in [-0.39, 0.29) is 23.2 Å². The number of benzene rings is 3. The normalized spacial score (nSPS) is 13.4. The van der Waals surface area contributed by atoms with E-state index in [4.69, 9.17) is 4.98 Å². The quantitative estimate of drug-likeness (QED) is 0.200. The number of carbonyl (C=O) groups is 1. The van der Waals surface area contributed by atoms with Crippen LogP contribution in [0.25, 0.3) is 20.8 Å². The summed E-state index contributed by atoms with van der Waals surface area (Å²) < 4.78 is 29.2. The summed E-state index contributed by atoms with van der Waals surface area (Å²) in [6, 6.07) is 21.2. The maximum absolute atomic E-state index is 13.4. The first-order chi connectivity index (χ1) is 19.3. The van der Waals surface area contributed by atoms with Crippen LogP contribution in [0.4, 0.5) is 10.7 Å². The number of aromatic nitrogens is 1. The molecule has 7 nitrogen and oxygen atoms in total. The number of likely N-dealkylation sites (N-methyl/N-ethyl adjacent to an activating group) is 1. The van der Waals surface area contributed by atoms with Gasteiger partial charge in [-0.1, -0.05) is 36.8 Å². The molecule has 1 amide bonds. The third-order valence-corrected chi connectivity index (χ3v) is 10.6. The number of nitrogens with one attached hydrogen (secondary N) is 2. The number of thiazole rings is 1. The highest BCUT2D eigenvalue weighted by Gasteiger charge is 2.27. The van der Waals surface area contributed by atoms with Gasteiger partial charge in [-0.3, -0.25) is 14.4 Å². The Kier molecular flexibility index (Phi) is 8.49. The summed E-state index contributed by atoms with van der Waals surface area (Å²) >= 11 is 3.26. The average Bonchev–Trinajstić information content (AvgIpc) is 3.53. The summed E-state index contributed by atoms with van der Waals surface area (Å²) in [5.74, 6) is -0.249. The number of nitrogens with zero attached hydrogens (tertiary/aromatic N) is 2. The third-order valence-electron chi connectivity index (χ3n) is 7.05. The van der Waals surface area contributed by atoms with Crippen LogP contribution in [-0.2, 0) is 23.0 Å². The van der Waals surface area contributed by atoms with Gasteiger partial charge in [0.15, 0.2) is 0 Å². The van der Waals surface area contributed by atoms with Crippen molar-refractivity contribution < 1.29 is 13.2 Å². The molecule has 2 aromatic heterocycles. The predicted molar refractivity (Wildman–Crippen MR) is 171 cm³/mol. The zero-order valence-electron chi connectivity index (χ0n) is 22.5. The zero-order valence-corrected chi connectivity index (χ0v) is 25.8. The van der Waals surface area contributed by atoms with E-state index in [1.54, 1.807) is 71.2 Å². The van der Waals surface area contributed by atoms with Gasteiger partial charge in [-0.15, -0.1) is 35.1 Å². The number of fused-ring (bicyclic) bond motifs is 2. The van der Waals surface area contributed by atoms with E-state index in [0.29, 0.717) is 11.3 Å². The lowest BCUT2D eigenvalue weighted by atomic mass is 10.0. The van der Waals surface area contributed by atoms with Crippen LogP contribution in [0, 0.1) is 6.92 Å². The number of aryl methyl sites for hydroxylation is 1. The van der Waals surface area contributed by atoms with Crippen molar-refractivity contribution in [2.75, 3.05) is 23.1 Å². The van der Waals surface area contributed by atoms with Crippen molar-refractivity contribution in [3.63, 3.8) is 0 Å². The van der Waals surface area contributed by atoms with E-state index in [2.05, 4.69) is 27.9 Å². The maximum atomic E-state index is 13.4. The van der Waals surface area contributed by atoms with Gasteiger partial charge in [0.05, 0.1) is 15.1 Å². The Morgan fingerprint density at radius 2 is 1.73 bits per heavy atom. The van der Waals surface area contributed by atoms with Crippen LogP contribution in [0.1, 0.15) is 33.3 Å². The number of rotatable bonds is 7. The number of para-hydroxylation sites is 1.